The first-order valence-corrected chi connectivity index (χ1v) is 5.94. The fourth-order valence-corrected chi connectivity index (χ4v) is 1.57. The van der Waals surface area contributed by atoms with Crippen LogP contribution in [-0.4, -0.2) is 43.9 Å². The van der Waals surface area contributed by atoms with Crippen molar-refractivity contribution >= 4 is 11.6 Å². The second-order valence-corrected chi connectivity index (χ2v) is 3.96. The number of aliphatic hydroxyl groups is 1. The lowest BCUT2D eigenvalue weighted by Crippen LogP contribution is -2.39. The van der Waals surface area contributed by atoms with Gasteiger partial charge in [-0.25, -0.2) is 0 Å². The zero-order valence-electron chi connectivity index (χ0n) is 10.6. The quantitative estimate of drug-likeness (QED) is 0.634. The minimum absolute atomic E-state index is 0.0125. The van der Waals surface area contributed by atoms with Gasteiger partial charge in [-0.2, -0.15) is 0 Å². The van der Waals surface area contributed by atoms with Crippen molar-refractivity contribution in [3.05, 3.63) is 30.3 Å². The highest BCUT2D eigenvalue weighted by molar-refractivity contribution is 5.92. The molecule has 0 saturated heterocycles. The van der Waals surface area contributed by atoms with E-state index in [1.807, 2.05) is 30.3 Å². The van der Waals surface area contributed by atoms with Crippen LogP contribution in [0.5, 0.6) is 0 Å². The molecule has 100 valence electrons. The number of carbonyl (C=O) groups is 1. The van der Waals surface area contributed by atoms with Crippen LogP contribution in [0.2, 0.25) is 0 Å². The van der Waals surface area contributed by atoms with E-state index >= 15 is 0 Å². The first kappa shape index (κ1) is 14.6. The fourth-order valence-electron chi connectivity index (χ4n) is 1.57. The van der Waals surface area contributed by atoms with Crippen LogP contribution in [-0.2, 0) is 9.53 Å². The van der Waals surface area contributed by atoms with Gasteiger partial charge in [0.25, 0.3) is 0 Å². The summed E-state index contributed by atoms with van der Waals surface area (Å²) in [6, 6.07) is 9.27. The second kappa shape index (κ2) is 8.63. The van der Waals surface area contributed by atoms with E-state index in [0.717, 1.165) is 5.69 Å². The molecule has 0 aliphatic rings. The standard InChI is InChI=1S/C13H20N2O3/c1-18-10-12(7-8-16)14-9-13(17)15-11-5-3-2-4-6-11/h2-6,12,14,16H,7-10H2,1H3,(H,15,17). The zero-order valence-corrected chi connectivity index (χ0v) is 10.6. The number of ether oxygens (including phenoxy) is 1. The number of methoxy groups -OCH3 is 1. The number of para-hydroxylation sites is 1. The van der Waals surface area contributed by atoms with E-state index in [-0.39, 0.29) is 25.1 Å². The van der Waals surface area contributed by atoms with Crippen LogP contribution in [0, 0.1) is 0 Å². The number of amides is 1. The van der Waals surface area contributed by atoms with Crippen molar-refractivity contribution in [2.45, 2.75) is 12.5 Å². The van der Waals surface area contributed by atoms with Crippen molar-refractivity contribution < 1.29 is 14.6 Å². The van der Waals surface area contributed by atoms with Gasteiger partial charge in [-0.05, 0) is 18.6 Å². The molecular weight excluding hydrogens is 232 g/mol. The molecule has 5 heteroatoms. The second-order valence-electron chi connectivity index (χ2n) is 3.96. The third-order valence-corrected chi connectivity index (χ3v) is 2.45. The van der Waals surface area contributed by atoms with E-state index < -0.39 is 0 Å². The van der Waals surface area contributed by atoms with E-state index in [1.54, 1.807) is 7.11 Å². The first-order chi connectivity index (χ1) is 8.76. The molecular formula is C13H20N2O3. The summed E-state index contributed by atoms with van der Waals surface area (Å²) in [5.41, 5.74) is 0.773. The first-order valence-electron chi connectivity index (χ1n) is 5.94. The highest BCUT2D eigenvalue weighted by atomic mass is 16.5. The Morgan fingerprint density at radius 2 is 2.11 bits per heavy atom. The van der Waals surface area contributed by atoms with Gasteiger partial charge in [0, 0.05) is 25.4 Å². The van der Waals surface area contributed by atoms with Gasteiger partial charge < -0.3 is 20.5 Å². The van der Waals surface area contributed by atoms with Gasteiger partial charge in [-0.3, -0.25) is 4.79 Å². The molecule has 1 atom stereocenters. The van der Waals surface area contributed by atoms with Crippen molar-refractivity contribution in [2.24, 2.45) is 0 Å². The van der Waals surface area contributed by atoms with Crippen molar-refractivity contribution in [1.82, 2.24) is 5.32 Å². The van der Waals surface area contributed by atoms with E-state index in [2.05, 4.69) is 10.6 Å². The van der Waals surface area contributed by atoms with Crippen molar-refractivity contribution in [2.75, 3.05) is 32.2 Å². The van der Waals surface area contributed by atoms with Gasteiger partial charge in [0.15, 0.2) is 0 Å². The molecule has 0 aromatic heterocycles. The fraction of sp³-hybridized carbons (Fsp3) is 0.462. The minimum Gasteiger partial charge on any atom is -0.396 e. The van der Waals surface area contributed by atoms with Crippen LogP contribution in [0.4, 0.5) is 5.69 Å². The summed E-state index contributed by atoms with van der Waals surface area (Å²) in [4.78, 5) is 11.6. The number of nitrogens with one attached hydrogen (secondary N) is 2. The Bertz CT molecular complexity index is 337. The van der Waals surface area contributed by atoms with Crippen molar-refractivity contribution in [3.63, 3.8) is 0 Å². The molecule has 1 aromatic carbocycles. The smallest absolute Gasteiger partial charge is 0.238 e. The number of hydrogen-bond acceptors (Lipinski definition) is 4. The van der Waals surface area contributed by atoms with Gasteiger partial charge in [0.1, 0.15) is 0 Å². The number of carbonyl (C=O) groups excluding carboxylic acids is 1. The number of aliphatic hydroxyl groups excluding tert-OH is 1. The summed E-state index contributed by atoms with van der Waals surface area (Å²) in [5.74, 6) is -0.111. The summed E-state index contributed by atoms with van der Waals surface area (Å²) < 4.78 is 5.00. The normalized spacial score (nSPS) is 12.1. The molecule has 1 aromatic rings. The molecule has 0 radical (unpaired) electrons. The van der Waals surface area contributed by atoms with Crippen LogP contribution in [0.1, 0.15) is 6.42 Å². The van der Waals surface area contributed by atoms with Gasteiger partial charge in [0.05, 0.1) is 13.2 Å². The van der Waals surface area contributed by atoms with Crippen molar-refractivity contribution in [1.29, 1.82) is 0 Å². The lowest BCUT2D eigenvalue weighted by Gasteiger charge is -2.16. The average Bonchev–Trinajstić information content (AvgIpc) is 2.38. The Hall–Kier alpha value is -1.43. The van der Waals surface area contributed by atoms with Crippen LogP contribution >= 0.6 is 0 Å². The zero-order chi connectivity index (χ0) is 13.2. The molecule has 0 fully saturated rings. The Morgan fingerprint density at radius 3 is 2.72 bits per heavy atom. The Morgan fingerprint density at radius 1 is 1.39 bits per heavy atom. The van der Waals surface area contributed by atoms with Crippen LogP contribution in [0.3, 0.4) is 0 Å². The predicted molar refractivity (Wildman–Crippen MR) is 70.4 cm³/mol. The molecule has 0 aliphatic heterocycles. The summed E-state index contributed by atoms with van der Waals surface area (Å²) in [5, 5.41) is 14.7. The monoisotopic (exact) mass is 252 g/mol. The van der Waals surface area contributed by atoms with Gasteiger partial charge in [-0.1, -0.05) is 18.2 Å². The molecule has 18 heavy (non-hydrogen) atoms. The van der Waals surface area contributed by atoms with Gasteiger partial charge in [0.2, 0.25) is 5.91 Å². The minimum atomic E-state index is -0.111. The predicted octanol–water partition coefficient (Wildman–Crippen LogP) is 0.612. The van der Waals surface area contributed by atoms with Crippen LogP contribution < -0.4 is 10.6 Å². The molecule has 0 aliphatic carbocycles. The largest absolute Gasteiger partial charge is 0.396 e. The molecule has 0 saturated carbocycles. The highest BCUT2D eigenvalue weighted by Crippen LogP contribution is 2.04. The third kappa shape index (κ3) is 5.77. The maximum atomic E-state index is 11.6. The maximum absolute atomic E-state index is 11.6. The average molecular weight is 252 g/mol. The van der Waals surface area contributed by atoms with Crippen LogP contribution in [0.15, 0.2) is 30.3 Å². The third-order valence-electron chi connectivity index (χ3n) is 2.45. The number of hydrogen-bond donors (Lipinski definition) is 3. The molecule has 3 N–H and O–H groups in total. The molecule has 0 heterocycles. The lowest BCUT2D eigenvalue weighted by atomic mass is 10.2. The molecule has 1 rings (SSSR count). The van der Waals surface area contributed by atoms with E-state index in [9.17, 15) is 4.79 Å². The Balaban J connectivity index is 2.31. The molecule has 0 spiro atoms. The summed E-state index contributed by atoms with van der Waals surface area (Å²) in [6.45, 7) is 0.740. The summed E-state index contributed by atoms with van der Waals surface area (Å²) in [6.07, 6.45) is 0.562. The van der Waals surface area contributed by atoms with Crippen LogP contribution in [0.25, 0.3) is 0 Å². The Kier molecular flexibility index (Phi) is 7.01. The summed E-state index contributed by atoms with van der Waals surface area (Å²) >= 11 is 0. The molecule has 1 unspecified atom stereocenters. The topological polar surface area (TPSA) is 70.6 Å². The molecule has 1 amide bonds. The molecule has 5 nitrogen and oxygen atoms in total. The molecule has 0 bridgehead atoms. The van der Waals surface area contributed by atoms with Gasteiger partial charge >= 0.3 is 0 Å². The number of rotatable bonds is 8. The SMILES string of the molecule is COCC(CCO)NCC(=O)Nc1ccccc1. The maximum Gasteiger partial charge on any atom is 0.238 e. The Labute approximate surface area is 107 Å². The van der Waals surface area contributed by atoms with Crippen molar-refractivity contribution in [3.8, 4) is 0 Å². The number of anilines is 1. The van der Waals surface area contributed by atoms with Gasteiger partial charge in [-0.15, -0.1) is 0 Å². The van der Waals surface area contributed by atoms with E-state index in [4.69, 9.17) is 9.84 Å². The van der Waals surface area contributed by atoms with E-state index in [1.165, 1.54) is 0 Å². The summed E-state index contributed by atoms with van der Waals surface area (Å²) in [7, 11) is 1.59. The lowest BCUT2D eigenvalue weighted by molar-refractivity contribution is -0.115. The highest BCUT2D eigenvalue weighted by Gasteiger charge is 2.09. The number of benzene rings is 1. The van der Waals surface area contributed by atoms with E-state index in [0.29, 0.717) is 13.0 Å².